The average molecular weight is 404 g/mol. The number of amides is 2. The first-order valence-electron chi connectivity index (χ1n) is 9.75. The summed E-state index contributed by atoms with van der Waals surface area (Å²) in [5, 5.41) is 10.2. The molecule has 2 N–H and O–H groups in total. The van der Waals surface area contributed by atoms with E-state index in [0.29, 0.717) is 23.7 Å². The van der Waals surface area contributed by atoms with Gasteiger partial charge in [-0.2, -0.15) is 11.3 Å². The lowest BCUT2D eigenvalue weighted by molar-refractivity contribution is 0.199. The Bertz CT molecular complexity index is 743. The molecule has 1 aromatic heterocycles. The second-order valence-corrected chi connectivity index (χ2v) is 7.68. The fourth-order valence-corrected chi connectivity index (χ4v) is 4.38. The first kappa shape index (κ1) is 20.5. The second kappa shape index (κ2) is 10.3. The summed E-state index contributed by atoms with van der Waals surface area (Å²) in [6.07, 6.45) is 5.01. The number of hydrogen-bond acceptors (Lipinski definition) is 5. The second-order valence-electron chi connectivity index (χ2n) is 6.90. The van der Waals surface area contributed by atoms with Gasteiger partial charge in [0.1, 0.15) is 0 Å². The van der Waals surface area contributed by atoms with Crippen molar-refractivity contribution in [2.45, 2.75) is 31.7 Å². The van der Waals surface area contributed by atoms with Gasteiger partial charge in [0.2, 0.25) is 0 Å². The van der Waals surface area contributed by atoms with Crippen molar-refractivity contribution in [1.82, 2.24) is 10.2 Å². The summed E-state index contributed by atoms with van der Waals surface area (Å²) in [4.78, 5) is 15.1. The zero-order valence-corrected chi connectivity index (χ0v) is 17.4. The van der Waals surface area contributed by atoms with Crippen LogP contribution in [0.4, 0.5) is 10.5 Å². The van der Waals surface area contributed by atoms with Crippen molar-refractivity contribution in [3.63, 3.8) is 0 Å². The van der Waals surface area contributed by atoms with Crippen molar-refractivity contribution in [2.24, 2.45) is 0 Å². The number of thiophene rings is 1. The summed E-state index contributed by atoms with van der Waals surface area (Å²) in [6.45, 7) is 2.72. The van der Waals surface area contributed by atoms with Crippen LogP contribution < -0.4 is 20.1 Å². The number of likely N-dealkylation sites (tertiary alicyclic amines) is 1. The Balaban J connectivity index is 1.65. The number of methoxy groups -OCH3 is 2. The van der Waals surface area contributed by atoms with Crippen molar-refractivity contribution in [3.8, 4) is 11.5 Å². The molecule has 7 heteroatoms. The first-order chi connectivity index (χ1) is 13.7. The van der Waals surface area contributed by atoms with Crippen LogP contribution in [0.1, 0.15) is 37.3 Å². The van der Waals surface area contributed by atoms with Crippen molar-refractivity contribution in [2.75, 3.05) is 39.2 Å². The van der Waals surface area contributed by atoms with Gasteiger partial charge >= 0.3 is 6.03 Å². The molecule has 0 unspecified atom stereocenters. The molecule has 1 atom stereocenters. The Kier molecular flexibility index (Phi) is 7.56. The molecule has 2 heterocycles. The zero-order valence-electron chi connectivity index (χ0n) is 16.6. The van der Waals surface area contributed by atoms with E-state index in [1.807, 2.05) is 6.07 Å². The molecular formula is C21H29N3O3S. The van der Waals surface area contributed by atoms with Gasteiger partial charge in [-0.15, -0.1) is 0 Å². The summed E-state index contributed by atoms with van der Waals surface area (Å²) in [5.41, 5.74) is 1.85. The lowest BCUT2D eigenvalue weighted by Gasteiger charge is -2.30. The van der Waals surface area contributed by atoms with Crippen LogP contribution in [0.2, 0.25) is 0 Å². The number of carbonyl (C=O) groups excluding carboxylic acids is 1. The van der Waals surface area contributed by atoms with Crippen molar-refractivity contribution in [3.05, 3.63) is 40.6 Å². The van der Waals surface area contributed by atoms with E-state index in [4.69, 9.17) is 9.47 Å². The van der Waals surface area contributed by atoms with E-state index in [0.717, 1.165) is 13.1 Å². The predicted molar refractivity (Wildman–Crippen MR) is 114 cm³/mol. The minimum Gasteiger partial charge on any atom is -0.493 e. The van der Waals surface area contributed by atoms with Gasteiger partial charge in [-0.1, -0.05) is 18.9 Å². The van der Waals surface area contributed by atoms with E-state index in [9.17, 15) is 4.79 Å². The predicted octanol–water partition coefficient (Wildman–Crippen LogP) is 4.50. The van der Waals surface area contributed by atoms with Crippen LogP contribution in [0.5, 0.6) is 11.5 Å². The molecule has 1 aliphatic rings. The molecule has 3 rings (SSSR count). The minimum atomic E-state index is -0.249. The Labute approximate surface area is 170 Å². The van der Waals surface area contributed by atoms with Gasteiger partial charge in [0.15, 0.2) is 11.5 Å². The van der Waals surface area contributed by atoms with Gasteiger partial charge in [0.05, 0.1) is 25.9 Å². The lowest BCUT2D eigenvalue weighted by Crippen LogP contribution is -2.40. The fourth-order valence-electron chi connectivity index (χ4n) is 3.67. The molecule has 1 saturated heterocycles. The van der Waals surface area contributed by atoms with Gasteiger partial charge in [-0.3, -0.25) is 4.90 Å². The number of hydrogen-bond donors (Lipinski definition) is 2. The SMILES string of the molecule is COc1cccc(NC(=O)NC[C@H](c2ccsc2)N2CCCCCC2)c1OC. The molecule has 0 aliphatic carbocycles. The summed E-state index contributed by atoms with van der Waals surface area (Å²) in [7, 11) is 3.14. The third-order valence-corrected chi connectivity index (χ3v) is 5.82. The van der Waals surface area contributed by atoms with Crippen LogP contribution in [0, 0.1) is 0 Å². The molecule has 152 valence electrons. The topological polar surface area (TPSA) is 62.8 Å². The van der Waals surface area contributed by atoms with E-state index in [2.05, 4.69) is 32.4 Å². The van der Waals surface area contributed by atoms with Gasteiger partial charge in [-0.05, 0) is 60.5 Å². The summed E-state index contributed by atoms with van der Waals surface area (Å²) >= 11 is 1.70. The van der Waals surface area contributed by atoms with Gasteiger partial charge in [0.25, 0.3) is 0 Å². The molecule has 1 aliphatic heterocycles. The maximum atomic E-state index is 12.6. The minimum absolute atomic E-state index is 0.197. The third-order valence-electron chi connectivity index (χ3n) is 5.12. The smallest absolute Gasteiger partial charge is 0.319 e. The van der Waals surface area contributed by atoms with E-state index >= 15 is 0 Å². The molecule has 0 bridgehead atoms. The number of urea groups is 1. The molecule has 0 saturated carbocycles. The first-order valence-corrected chi connectivity index (χ1v) is 10.7. The van der Waals surface area contributed by atoms with Crippen molar-refractivity contribution >= 4 is 23.1 Å². The van der Waals surface area contributed by atoms with Crippen LogP contribution in [-0.2, 0) is 0 Å². The standard InChI is InChI=1S/C21H29N3O3S/c1-26-19-9-7-8-17(20(19)27-2)23-21(25)22-14-18(16-10-13-28-15-16)24-11-5-3-4-6-12-24/h7-10,13,15,18H,3-6,11-12,14H2,1-2H3,(H2,22,23,25)/t18-/m1/s1. The van der Waals surface area contributed by atoms with Crippen LogP contribution in [0.3, 0.4) is 0 Å². The van der Waals surface area contributed by atoms with Gasteiger partial charge < -0.3 is 20.1 Å². The fraction of sp³-hybridized carbons (Fsp3) is 0.476. The number of ether oxygens (including phenoxy) is 2. The normalized spacial score (nSPS) is 16.1. The Morgan fingerprint density at radius 1 is 1.14 bits per heavy atom. The molecule has 6 nitrogen and oxygen atoms in total. The number of nitrogens with zero attached hydrogens (tertiary/aromatic N) is 1. The van der Waals surface area contributed by atoms with Gasteiger partial charge in [0, 0.05) is 6.54 Å². The van der Waals surface area contributed by atoms with Crippen molar-refractivity contribution < 1.29 is 14.3 Å². The number of para-hydroxylation sites is 1. The van der Waals surface area contributed by atoms with E-state index in [1.165, 1.54) is 31.2 Å². The van der Waals surface area contributed by atoms with Crippen LogP contribution in [-0.4, -0.2) is 44.8 Å². The molecule has 2 aromatic rings. The highest BCUT2D eigenvalue weighted by Crippen LogP contribution is 2.34. The molecule has 0 spiro atoms. The van der Waals surface area contributed by atoms with E-state index < -0.39 is 0 Å². The molecule has 2 amide bonds. The summed E-state index contributed by atoms with van der Waals surface area (Å²) < 4.78 is 10.7. The van der Waals surface area contributed by atoms with Gasteiger partial charge in [-0.25, -0.2) is 4.79 Å². The maximum Gasteiger partial charge on any atom is 0.319 e. The van der Waals surface area contributed by atoms with E-state index in [1.54, 1.807) is 37.7 Å². The number of anilines is 1. The Morgan fingerprint density at radius 3 is 2.57 bits per heavy atom. The highest BCUT2D eigenvalue weighted by Gasteiger charge is 2.23. The molecule has 1 aromatic carbocycles. The number of nitrogens with one attached hydrogen (secondary N) is 2. The van der Waals surface area contributed by atoms with Crippen LogP contribution >= 0.6 is 11.3 Å². The molecule has 0 radical (unpaired) electrons. The average Bonchev–Trinajstić information content (AvgIpc) is 3.10. The lowest BCUT2D eigenvalue weighted by atomic mass is 10.1. The molecular weight excluding hydrogens is 374 g/mol. The van der Waals surface area contributed by atoms with E-state index in [-0.39, 0.29) is 12.1 Å². The number of benzene rings is 1. The highest BCUT2D eigenvalue weighted by atomic mass is 32.1. The number of rotatable bonds is 7. The maximum absolute atomic E-state index is 12.6. The summed E-state index contributed by atoms with van der Waals surface area (Å²) in [5.74, 6) is 1.10. The van der Waals surface area contributed by atoms with Crippen LogP contribution in [0.15, 0.2) is 35.0 Å². The third kappa shape index (κ3) is 5.17. The van der Waals surface area contributed by atoms with Crippen LogP contribution in [0.25, 0.3) is 0 Å². The van der Waals surface area contributed by atoms with Crippen molar-refractivity contribution in [1.29, 1.82) is 0 Å². The monoisotopic (exact) mass is 403 g/mol. The Hall–Kier alpha value is -2.25. The zero-order chi connectivity index (χ0) is 19.8. The Morgan fingerprint density at radius 2 is 1.93 bits per heavy atom. The quantitative estimate of drug-likeness (QED) is 0.714. The number of carbonyl (C=O) groups is 1. The molecule has 28 heavy (non-hydrogen) atoms. The largest absolute Gasteiger partial charge is 0.493 e. The molecule has 1 fully saturated rings. The summed E-state index contributed by atoms with van der Waals surface area (Å²) in [6, 6.07) is 7.52. The highest BCUT2D eigenvalue weighted by molar-refractivity contribution is 7.07.